The number of hydrogen-bond donors (Lipinski definition) is 0. The van der Waals surface area contributed by atoms with Crippen molar-refractivity contribution in [1.82, 2.24) is 4.90 Å². The van der Waals surface area contributed by atoms with Gasteiger partial charge in [-0.3, -0.25) is 4.79 Å². The van der Waals surface area contributed by atoms with Crippen LogP contribution in [0.4, 0.5) is 0 Å². The molecular formula is C12H15BrClNO4S. The minimum absolute atomic E-state index is 0.101. The third-order valence-electron chi connectivity index (χ3n) is 2.64. The maximum atomic E-state index is 12.3. The van der Waals surface area contributed by atoms with Crippen molar-refractivity contribution in [2.75, 3.05) is 27.3 Å². The number of halogens is 2. The molecule has 0 bridgehead atoms. The van der Waals surface area contributed by atoms with Crippen molar-refractivity contribution in [2.45, 2.75) is 11.3 Å². The molecule has 0 saturated carbocycles. The van der Waals surface area contributed by atoms with E-state index in [-0.39, 0.29) is 16.4 Å². The lowest BCUT2D eigenvalue weighted by molar-refractivity contribution is 0.0778. The zero-order valence-corrected chi connectivity index (χ0v) is 14.3. The van der Waals surface area contributed by atoms with Gasteiger partial charge in [0.25, 0.3) is 15.0 Å². The van der Waals surface area contributed by atoms with Crippen molar-refractivity contribution in [3.05, 3.63) is 28.2 Å². The number of benzene rings is 1. The summed E-state index contributed by atoms with van der Waals surface area (Å²) < 4.78 is 28.1. The zero-order chi connectivity index (χ0) is 15.3. The first-order chi connectivity index (χ1) is 9.27. The van der Waals surface area contributed by atoms with Crippen LogP contribution in [0.5, 0.6) is 0 Å². The highest BCUT2D eigenvalue weighted by Gasteiger charge is 2.19. The van der Waals surface area contributed by atoms with Crippen LogP contribution < -0.4 is 0 Å². The normalized spacial score (nSPS) is 11.4. The number of rotatable bonds is 6. The highest BCUT2D eigenvalue weighted by Crippen LogP contribution is 2.24. The number of ether oxygens (including phenoxy) is 1. The topological polar surface area (TPSA) is 63.7 Å². The van der Waals surface area contributed by atoms with E-state index in [1.807, 2.05) is 0 Å². The first-order valence-corrected chi connectivity index (χ1v) is 8.86. The molecule has 0 fully saturated rings. The van der Waals surface area contributed by atoms with Gasteiger partial charge in [-0.15, -0.1) is 0 Å². The number of carbonyl (C=O) groups excluding carboxylic acids is 1. The van der Waals surface area contributed by atoms with Crippen molar-refractivity contribution >= 4 is 41.6 Å². The average Bonchev–Trinajstić information content (AvgIpc) is 2.37. The third-order valence-corrected chi connectivity index (χ3v) is 4.68. The molecule has 5 nitrogen and oxygen atoms in total. The van der Waals surface area contributed by atoms with Crippen molar-refractivity contribution in [2.24, 2.45) is 0 Å². The Morgan fingerprint density at radius 2 is 2.10 bits per heavy atom. The van der Waals surface area contributed by atoms with Gasteiger partial charge in [-0.05, 0) is 40.5 Å². The van der Waals surface area contributed by atoms with Crippen molar-refractivity contribution in [3.63, 3.8) is 0 Å². The summed E-state index contributed by atoms with van der Waals surface area (Å²) in [5.74, 6) is -0.282. The van der Waals surface area contributed by atoms with Gasteiger partial charge in [0.2, 0.25) is 0 Å². The summed E-state index contributed by atoms with van der Waals surface area (Å²) in [4.78, 5) is 13.7. The van der Waals surface area contributed by atoms with Crippen molar-refractivity contribution in [1.29, 1.82) is 0 Å². The van der Waals surface area contributed by atoms with Crippen LogP contribution in [0.2, 0.25) is 0 Å². The fourth-order valence-corrected chi connectivity index (χ4v) is 2.77. The van der Waals surface area contributed by atoms with Gasteiger partial charge in [0.15, 0.2) is 0 Å². The van der Waals surface area contributed by atoms with E-state index in [0.29, 0.717) is 24.0 Å². The van der Waals surface area contributed by atoms with Crippen LogP contribution in [0.15, 0.2) is 27.6 Å². The summed E-state index contributed by atoms with van der Waals surface area (Å²) >= 11 is 3.24. The molecule has 112 valence electrons. The molecule has 1 aromatic carbocycles. The molecule has 0 atom stereocenters. The van der Waals surface area contributed by atoms with Crippen LogP contribution in [0.25, 0.3) is 0 Å². The molecule has 0 heterocycles. The Labute approximate surface area is 131 Å². The lowest BCUT2D eigenvalue weighted by Crippen LogP contribution is -2.28. The monoisotopic (exact) mass is 383 g/mol. The van der Waals surface area contributed by atoms with Crippen LogP contribution in [0, 0.1) is 0 Å². The molecule has 0 aromatic heterocycles. The van der Waals surface area contributed by atoms with Gasteiger partial charge in [-0.2, -0.15) is 0 Å². The van der Waals surface area contributed by atoms with Gasteiger partial charge in [-0.1, -0.05) is 0 Å². The quantitative estimate of drug-likeness (QED) is 0.558. The van der Waals surface area contributed by atoms with Crippen LogP contribution in [-0.4, -0.2) is 46.5 Å². The SMILES string of the molecule is COCCCN(C)C(=O)c1cc(S(=O)(=O)Cl)ccc1Br. The Hall–Kier alpha value is -0.630. The van der Waals surface area contributed by atoms with E-state index < -0.39 is 9.05 Å². The molecule has 0 aliphatic heterocycles. The summed E-state index contributed by atoms with van der Waals surface area (Å²) in [5, 5.41) is 0. The zero-order valence-electron chi connectivity index (χ0n) is 11.1. The molecule has 0 N–H and O–H groups in total. The standard InChI is InChI=1S/C12H15BrClNO4S/c1-15(6-3-7-19-2)12(16)10-8-9(20(14,17)18)4-5-11(10)13/h4-5,8H,3,6-7H2,1-2H3. The summed E-state index contributed by atoms with van der Waals surface area (Å²) in [6.07, 6.45) is 0.698. The molecule has 0 aliphatic rings. The second kappa shape index (κ2) is 7.40. The van der Waals surface area contributed by atoms with Crippen LogP contribution in [-0.2, 0) is 13.8 Å². The second-order valence-corrected chi connectivity index (χ2v) is 7.57. The van der Waals surface area contributed by atoms with Gasteiger partial charge in [-0.25, -0.2) is 8.42 Å². The van der Waals surface area contributed by atoms with Crippen molar-refractivity contribution < 1.29 is 17.9 Å². The average molecular weight is 385 g/mol. The van der Waals surface area contributed by atoms with Gasteiger partial charge in [0.1, 0.15) is 0 Å². The fourth-order valence-electron chi connectivity index (χ4n) is 1.57. The van der Waals surface area contributed by atoms with E-state index >= 15 is 0 Å². The predicted octanol–water partition coefficient (Wildman–Crippen LogP) is 2.49. The Morgan fingerprint density at radius 1 is 1.45 bits per heavy atom. The maximum absolute atomic E-state index is 12.3. The molecule has 0 radical (unpaired) electrons. The molecule has 1 rings (SSSR count). The first kappa shape index (κ1) is 17.4. The Bertz CT molecular complexity index is 591. The van der Waals surface area contributed by atoms with Crippen LogP contribution >= 0.6 is 26.6 Å². The molecule has 0 unspecified atom stereocenters. The first-order valence-electron chi connectivity index (χ1n) is 5.76. The largest absolute Gasteiger partial charge is 0.385 e. The molecular weight excluding hydrogens is 370 g/mol. The molecule has 0 aliphatic carbocycles. The molecule has 0 saturated heterocycles. The van der Waals surface area contributed by atoms with E-state index in [4.69, 9.17) is 15.4 Å². The lowest BCUT2D eigenvalue weighted by Gasteiger charge is -2.18. The lowest BCUT2D eigenvalue weighted by atomic mass is 10.2. The van der Waals surface area contributed by atoms with Gasteiger partial charge >= 0.3 is 0 Å². The number of hydrogen-bond acceptors (Lipinski definition) is 4. The molecule has 1 aromatic rings. The molecule has 8 heteroatoms. The van der Waals surface area contributed by atoms with E-state index in [9.17, 15) is 13.2 Å². The van der Waals surface area contributed by atoms with Crippen molar-refractivity contribution in [3.8, 4) is 0 Å². The highest BCUT2D eigenvalue weighted by molar-refractivity contribution is 9.10. The van der Waals surface area contributed by atoms with Gasteiger partial charge in [0.05, 0.1) is 10.5 Å². The predicted molar refractivity (Wildman–Crippen MR) is 80.6 cm³/mol. The Balaban J connectivity index is 2.97. The molecule has 1 amide bonds. The van der Waals surface area contributed by atoms with Crippen LogP contribution in [0.3, 0.4) is 0 Å². The smallest absolute Gasteiger partial charge is 0.261 e. The highest BCUT2D eigenvalue weighted by atomic mass is 79.9. The van der Waals surface area contributed by atoms with E-state index in [1.165, 1.54) is 23.1 Å². The Kier molecular flexibility index (Phi) is 6.44. The Morgan fingerprint density at radius 3 is 2.65 bits per heavy atom. The van der Waals surface area contributed by atoms with Gasteiger partial charge < -0.3 is 9.64 Å². The maximum Gasteiger partial charge on any atom is 0.261 e. The van der Waals surface area contributed by atoms with E-state index in [2.05, 4.69) is 15.9 Å². The van der Waals surface area contributed by atoms with Crippen LogP contribution in [0.1, 0.15) is 16.8 Å². The third kappa shape index (κ3) is 4.73. The summed E-state index contributed by atoms with van der Waals surface area (Å²) in [6.45, 7) is 1.06. The van der Waals surface area contributed by atoms with Gasteiger partial charge in [0, 0.05) is 42.5 Å². The number of amides is 1. The molecule has 20 heavy (non-hydrogen) atoms. The minimum Gasteiger partial charge on any atom is -0.385 e. The minimum atomic E-state index is -3.86. The van der Waals surface area contributed by atoms with E-state index in [1.54, 1.807) is 14.2 Å². The summed E-state index contributed by atoms with van der Waals surface area (Å²) in [5.41, 5.74) is 0.256. The number of carbonyl (C=O) groups is 1. The summed E-state index contributed by atoms with van der Waals surface area (Å²) in [7, 11) is 4.66. The second-order valence-electron chi connectivity index (χ2n) is 4.15. The number of nitrogens with zero attached hydrogens (tertiary/aromatic N) is 1. The number of methoxy groups -OCH3 is 1. The summed E-state index contributed by atoms with van der Waals surface area (Å²) in [6, 6.07) is 4.10. The van der Waals surface area contributed by atoms with E-state index in [0.717, 1.165) is 0 Å². The fraction of sp³-hybridized carbons (Fsp3) is 0.417. The molecule has 0 spiro atoms.